The molecule has 218 valence electrons. The highest BCUT2D eigenvalue weighted by Gasteiger charge is 2.15. The molecule has 0 atom stereocenters. The van der Waals surface area contributed by atoms with Crippen molar-refractivity contribution in [3.8, 4) is 28.0 Å². The second-order valence-corrected chi connectivity index (χ2v) is 9.55. The molecular formula is C34H27F7O. The SMILES string of the molecule is CC=CCCC(F)=C(F)c1ccc(-c2ccc(-c3ccc(CCc4cc(F)c(OCF)c(F)c4)cc3)c(F)c2)c(F)c1. The fourth-order valence-electron chi connectivity index (χ4n) is 4.53. The molecule has 0 aliphatic heterocycles. The summed E-state index contributed by atoms with van der Waals surface area (Å²) in [5.41, 5.74) is 2.08. The number of benzene rings is 4. The maximum absolute atomic E-state index is 15.1. The van der Waals surface area contributed by atoms with Crippen molar-refractivity contribution in [3.63, 3.8) is 0 Å². The van der Waals surface area contributed by atoms with E-state index in [1.54, 1.807) is 43.3 Å². The van der Waals surface area contributed by atoms with Crippen molar-refractivity contribution in [3.05, 3.63) is 131 Å². The Kier molecular flexibility index (Phi) is 10.2. The summed E-state index contributed by atoms with van der Waals surface area (Å²) < 4.78 is 103. The molecule has 0 aliphatic carbocycles. The highest BCUT2D eigenvalue weighted by molar-refractivity contribution is 5.73. The maximum atomic E-state index is 15.1. The Morgan fingerprint density at radius 1 is 0.690 bits per heavy atom. The van der Waals surface area contributed by atoms with Gasteiger partial charge < -0.3 is 4.74 Å². The molecule has 0 saturated carbocycles. The first-order chi connectivity index (χ1) is 20.2. The van der Waals surface area contributed by atoms with Gasteiger partial charge in [-0.05, 0) is 72.7 Å². The van der Waals surface area contributed by atoms with Gasteiger partial charge in [0.05, 0.1) is 0 Å². The first-order valence-corrected chi connectivity index (χ1v) is 13.2. The minimum Gasteiger partial charge on any atom is -0.457 e. The molecule has 0 unspecified atom stereocenters. The molecule has 0 aliphatic rings. The Hall–Kier alpha value is -4.33. The van der Waals surface area contributed by atoms with E-state index < -0.39 is 47.5 Å². The second-order valence-electron chi connectivity index (χ2n) is 9.55. The van der Waals surface area contributed by atoms with Crippen molar-refractivity contribution in [1.82, 2.24) is 0 Å². The van der Waals surface area contributed by atoms with Gasteiger partial charge in [0.25, 0.3) is 0 Å². The van der Waals surface area contributed by atoms with E-state index in [1.165, 1.54) is 30.3 Å². The van der Waals surface area contributed by atoms with Crippen LogP contribution in [-0.2, 0) is 12.8 Å². The van der Waals surface area contributed by atoms with Crippen molar-refractivity contribution < 1.29 is 35.5 Å². The molecule has 4 aromatic carbocycles. The Labute approximate surface area is 239 Å². The van der Waals surface area contributed by atoms with Crippen LogP contribution >= 0.6 is 0 Å². The van der Waals surface area contributed by atoms with Gasteiger partial charge in [-0.25, -0.2) is 30.7 Å². The van der Waals surface area contributed by atoms with Gasteiger partial charge in [0, 0.05) is 23.1 Å². The first-order valence-electron chi connectivity index (χ1n) is 13.2. The van der Waals surface area contributed by atoms with Crippen molar-refractivity contribution in [1.29, 1.82) is 0 Å². The minimum absolute atomic E-state index is 0.0406. The molecular weight excluding hydrogens is 557 g/mol. The molecule has 42 heavy (non-hydrogen) atoms. The van der Waals surface area contributed by atoms with Gasteiger partial charge >= 0.3 is 0 Å². The topological polar surface area (TPSA) is 9.23 Å². The predicted molar refractivity (Wildman–Crippen MR) is 151 cm³/mol. The lowest BCUT2D eigenvalue weighted by atomic mass is 9.97. The number of alkyl halides is 1. The molecule has 0 radical (unpaired) electrons. The molecule has 8 heteroatoms. The van der Waals surface area contributed by atoms with E-state index >= 15 is 4.39 Å². The van der Waals surface area contributed by atoms with Crippen LogP contribution in [0, 0.1) is 23.3 Å². The lowest BCUT2D eigenvalue weighted by Gasteiger charge is -2.10. The van der Waals surface area contributed by atoms with Crippen LogP contribution < -0.4 is 4.74 Å². The molecule has 0 heterocycles. The van der Waals surface area contributed by atoms with Crippen molar-refractivity contribution in [2.24, 2.45) is 0 Å². The number of allylic oxidation sites excluding steroid dienone is 3. The molecule has 0 amide bonds. The predicted octanol–water partition coefficient (Wildman–Crippen LogP) is 10.6. The van der Waals surface area contributed by atoms with Crippen LogP contribution in [0.3, 0.4) is 0 Å². The van der Waals surface area contributed by atoms with Crippen molar-refractivity contribution in [2.45, 2.75) is 32.6 Å². The third kappa shape index (κ3) is 7.29. The van der Waals surface area contributed by atoms with Gasteiger partial charge in [-0.2, -0.15) is 0 Å². The Bertz CT molecular complexity index is 1580. The quantitative estimate of drug-likeness (QED) is 0.126. The molecule has 0 fully saturated rings. The Morgan fingerprint density at radius 2 is 1.29 bits per heavy atom. The van der Waals surface area contributed by atoms with Crippen LogP contribution in [0.15, 0.2) is 90.8 Å². The molecule has 0 bridgehead atoms. The van der Waals surface area contributed by atoms with Crippen LogP contribution in [0.4, 0.5) is 30.7 Å². The van der Waals surface area contributed by atoms with E-state index in [9.17, 15) is 26.3 Å². The summed E-state index contributed by atoms with van der Waals surface area (Å²) >= 11 is 0. The molecule has 4 rings (SSSR count). The van der Waals surface area contributed by atoms with E-state index in [0.29, 0.717) is 30.4 Å². The van der Waals surface area contributed by atoms with Gasteiger partial charge in [-0.3, -0.25) is 0 Å². The summed E-state index contributed by atoms with van der Waals surface area (Å²) in [5, 5.41) is 0. The average molecular weight is 585 g/mol. The van der Waals surface area contributed by atoms with E-state index in [4.69, 9.17) is 0 Å². The van der Waals surface area contributed by atoms with Gasteiger partial charge in [0.15, 0.2) is 23.2 Å². The highest BCUT2D eigenvalue weighted by Crippen LogP contribution is 2.33. The standard InChI is InChI=1S/C34H27F7O/c1-2-3-4-5-28(36)33(41)25-13-15-27(30(38)19-25)24-12-14-26(29(37)18-24)23-10-8-21(9-11-23)6-7-22-16-31(39)34(42-20-35)32(40)17-22/h2-3,8-19H,4-7,20H2,1H3. The van der Waals surface area contributed by atoms with Crippen LogP contribution in [0.1, 0.15) is 36.5 Å². The third-order valence-electron chi connectivity index (χ3n) is 6.73. The summed E-state index contributed by atoms with van der Waals surface area (Å²) in [6.07, 6.45) is 4.35. The normalized spacial score (nSPS) is 12.1. The van der Waals surface area contributed by atoms with Crippen molar-refractivity contribution in [2.75, 3.05) is 6.86 Å². The zero-order valence-corrected chi connectivity index (χ0v) is 22.7. The fraction of sp³-hybridized carbons (Fsp3) is 0.176. The minimum atomic E-state index is -1.34. The van der Waals surface area contributed by atoms with Crippen LogP contribution in [0.2, 0.25) is 0 Å². The number of hydrogen-bond donors (Lipinski definition) is 0. The summed E-state index contributed by atoms with van der Waals surface area (Å²) in [5.74, 6) is -6.25. The van der Waals surface area contributed by atoms with Gasteiger partial charge in [-0.15, -0.1) is 0 Å². The Morgan fingerprint density at radius 3 is 1.90 bits per heavy atom. The first kappa shape index (κ1) is 30.6. The summed E-state index contributed by atoms with van der Waals surface area (Å²) in [7, 11) is 0. The number of hydrogen-bond acceptors (Lipinski definition) is 1. The number of halogens is 7. The van der Waals surface area contributed by atoms with Crippen LogP contribution in [0.25, 0.3) is 28.1 Å². The zero-order valence-electron chi connectivity index (χ0n) is 22.7. The maximum Gasteiger partial charge on any atom is 0.228 e. The molecule has 0 saturated heterocycles. The van der Waals surface area contributed by atoms with E-state index in [2.05, 4.69) is 4.74 Å². The summed E-state index contributed by atoms with van der Waals surface area (Å²) in [6.45, 7) is 0.429. The highest BCUT2D eigenvalue weighted by atomic mass is 19.2. The van der Waals surface area contributed by atoms with E-state index in [-0.39, 0.29) is 28.7 Å². The molecule has 0 N–H and O–H groups in total. The van der Waals surface area contributed by atoms with Crippen LogP contribution in [-0.4, -0.2) is 6.86 Å². The molecule has 1 nitrogen and oxygen atoms in total. The fourth-order valence-corrected chi connectivity index (χ4v) is 4.53. The van der Waals surface area contributed by atoms with E-state index in [0.717, 1.165) is 23.8 Å². The average Bonchev–Trinajstić information content (AvgIpc) is 2.98. The van der Waals surface area contributed by atoms with E-state index in [1.807, 2.05) is 0 Å². The Balaban J connectivity index is 1.46. The number of rotatable bonds is 11. The number of ether oxygens (including phenoxy) is 1. The summed E-state index contributed by atoms with van der Waals surface area (Å²) in [6, 6.07) is 16.7. The number of aryl methyl sites for hydroxylation is 2. The largest absolute Gasteiger partial charge is 0.457 e. The van der Waals surface area contributed by atoms with Gasteiger partial charge in [-0.1, -0.05) is 60.7 Å². The van der Waals surface area contributed by atoms with Gasteiger partial charge in [0.1, 0.15) is 17.5 Å². The monoisotopic (exact) mass is 584 g/mol. The smallest absolute Gasteiger partial charge is 0.228 e. The van der Waals surface area contributed by atoms with Crippen molar-refractivity contribution >= 4 is 5.83 Å². The second kappa shape index (κ2) is 14.0. The lowest BCUT2D eigenvalue weighted by Crippen LogP contribution is -2.00. The zero-order chi connectivity index (χ0) is 30.2. The lowest BCUT2D eigenvalue weighted by molar-refractivity contribution is 0.176. The van der Waals surface area contributed by atoms with Crippen LogP contribution in [0.5, 0.6) is 5.75 Å². The third-order valence-corrected chi connectivity index (χ3v) is 6.73. The van der Waals surface area contributed by atoms with Gasteiger partial charge in [0.2, 0.25) is 6.86 Å². The molecule has 0 spiro atoms. The summed E-state index contributed by atoms with van der Waals surface area (Å²) in [4.78, 5) is 0. The molecule has 4 aromatic rings. The molecule has 0 aromatic heterocycles.